The second kappa shape index (κ2) is 5.77. The van der Waals surface area contributed by atoms with Crippen molar-refractivity contribution in [2.45, 2.75) is 13.5 Å². The van der Waals surface area contributed by atoms with Crippen molar-refractivity contribution in [3.63, 3.8) is 0 Å². The fraction of sp³-hybridized carbons (Fsp3) is 0.471. The summed E-state index contributed by atoms with van der Waals surface area (Å²) in [7, 11) is 0. The molecule has 2 atom stereocenters. The Hall–Kier alpha value is -2.21. The van der Waals surface area contributed by atoms with Gasteiger partial charge in [-0.05, 0) is 30.9 Å². The number of aryl methyl sites for hydroxylation is 1. The zero-order valence-corrected chi connectivity index (χ0v) is 13.2. The summed E-state index contributed by atoms with van der Waals surface area (Å²) in [5.41, 5.74) is 0.440. The van der Waals surface area contributed by atoms with Crippen LogP contribution in [-0.4, -0.2) is 51.9 Å². The van der Waals surface area contributed by atoms with Gasteiger partial charge in [0.25, 0.3) is 5.91 Å². The third-order valence-corrected chi connectivity index (χ3v) is 4.81. The first kappa shape index (κ1) is 14.4. The number of furan rings is 1. The average molecular weight is 312 g/mol. The number of carbonyl (C=O) groups is 1. The number of nitrogens with zero attached hydrogens (tertiary/aromatic N) is 4. The molecular formula is C17H20N4O2. The van der Waals surface area contributed by atoms with Gasteiger partial charge in [0.1, 0.15) is 17.2 Å². The highest BCUT2D eigenvalue weighted by molar-refractivity contribution is 5.92. The van der Waals surface area contributed by atoms with Crippen LogP contribution in [0.15, 0.2) is 35.1 Å². The molecule has 23 heavy (non-hydrogen) atoms. The maximum Gasteiger partial charge on any atom is 0.274 e. The number of carbonyl (C=O) groups excluding carboxylic acids is 1. The first-order chi connectivity index (χ1) is 11.2. The second-order valence-corrected chi connectivity index (χ2v) is 6.53. The Kier molecular flexibility index (Phi) is 3.61. The van der Waals surface area contributed by atoms with Crippen LogP contribution in [0.2, 0.25) is 0 Å². The van der Waals surface area contributed by atoms with E-state index in [0.717, 1.165) is 44.2 Å². The Morgan fingerprint density at radius 3 is 2.61 bits per heavy atom. The van der Waals surface area contributed by atoms with Gasteiger partial charge in [-0.1, -0.05) is 0 Å². The minimum atomic E-state index is 0.000657. The zero-order valence-electron chi connectivity index (χ0n) is 13.2. The summed E-state index contributed by atoms with van der Waals surface area (Å²) in [6.45, 7) is 6.50. The summed E-state index contributed by atoms with van der Waals surface area (Å²) in [6, 6.07) is 4.06. The molecule has 2 fully saturated rings. The molecule has 2 aromatic heterocycles. The molecule has 0 saturated carbocycles. The molecule has 2 aromatic rings. The van der Waals surface area contributed by atoms with Crippen molar-refractivity contribution in [1.29, 1.82) is 0 Å². The largest absolute Gasteiger partial charge is 0.465 e. The first-order valence-corrected chi connectivity index (χ1v) is 8.02. The minimum Gasteiger partial charge on any atom is -0.465 e. The molecule has 120 valence electrons. The highest BCUT2D eigenvalue weighted by Gasteiger charge is 2.42. The third kappa shape index (κ3) is 2.86. The van der Waals surface area contributed by atoms with Crippen LogP contribution in [0.4, 0.5) is 0 Å². The van der Waals surface area contributed by atoms with E-state index in [4.69, 9.17) is 4.42 Å². The molecule has 2 saturated heterocycles. The summed E-state index contributed by atoms with van der Waals surface area (Å²) in [6.07, 6.45) is 4.70. The van der Waals surface area contributed by atoms with Crippen LogP contribution in [0.1, 0.15) is 22.0 Å². The predicted molar refractivity (Wildman–Crippen MR) is 83.6 cm³/mol. The van der Waals surface area contributed by atoms with Gasteiger partial charge >= 0.3 is 0 Å². The molecule has 6 nitrogen and oxygen atoms in total. The number of fused-ring (bicyclic) bond motifs is 1. The van der Waals surface area contributed by atoms with Gasteiger partial charge in [-0.15, -0.1) is 0 Å². The van der Waals surface area contributed by atoms with E-state index in [1.807, 2.05) is 24.0 Å². The molecule has 2 aliphatic rings. The van der Waals surface area contributed by atoms with Crippen LogP contribution in [-0.2, 0) is 6.54 Å². The molecule has 0 aromatic carbocycles. The lowest BCUT2D eigenvalue weighted by molar-refractivity contribution is 0.0766. The lowest BCUT2D eigenvalue weighted by Gasteiger charge is -2.20. The van der Waals surface area contributed by atoms with Crippen molar-refractivity contribution in [3.8, 4) is 0 Å². The number of hydrogen-bond donors (Lipinski definition) is 0. The van der Waals surface area contributed by atoms with Gasteiger partial charge in [0, 0.05) is 38.6 Å². The summed E-state index contributed by atoms with van der Waals surface area (Å²) < 4.78 is 5.66. The Morgan fingerprint density at radius 2 is 2.00 bits per heavy atom. The molecule has 0 radical (unpaired) electrons. The normalized spacial score (nSPS) is 24.1. The number of hydrogen-bond acceptors (Lipinski definition) is 5. The number of rotatable bonds is 3. The van der Waals surface area contributed by atoms with Crippen molar-refractivity contribution < 1.29 is 9.21 Å². The van der Waals surface area contributed by atoms with Crippen molar-refractivity contribution in [1.82, 2.24) is 19.8 Å². The summed E-state index contributed by atoms with van der Waals surface area (Å²) >= 11 is 0. The molecule has 0 bridgehead atoms. The van der Waals surface area contributed by atoms with E-state index < -0.39 is 0 Å². The lowest BCUT2D eigenvalue weighted by atomic mass is 10.0. The van der Waals surface area contributed by atoms with Crippen LogP contribution < -0.4 is 0 Å². The number of aromatic nitrogens is 2. The predicted octanol–water partition coefficient (Wildman–Crippen LogP) is 1.58. The minimum absolute atomic E-state index is 0.000657. The topological polar surface area (TPSA) is 62.5 Å². The van der Waals surface area contributed by atoms with E-state index in [-0.39, 0.29) is 5.91 Å². The van der Waals surface area contributed by atoms with Crippen LogP contribution in [0.25, 0.3) is 0 Å². The Labute approximate surface area is 135 Å². The van der Waals surface area contributed by atoms with Gasteiger partial charge in [-0.3, -0.25) is 14.7 Å². The van der Waals surface area contributed by atoms with Crippen LogP contribution in [0.5, 0.6) is 0 Å². The monoisotopic (exact) mass is 312 g/mol. The maximum absolute atomic E-state index is 12.4. The molecule has 1 amide bonds. The number of likely N-dealkylation sites (tertiary alicyclic amines) is 2. The van der Waals surface area contributed by atoms with Gasteiger partial charge in [0.2, 0.25) is 0 Å². The van der Waals surface area contributed by atoms with Gasteiger partial charge < -0.3 is 9.32 Å². The van der Waals surface area contributed by atoms with E-state index in [2.05, 4.69) is 14.9 Å². The smallest absolute Gasteiger partial charge is 0.274 e. The van der Waals surface area contributed by atoms with E-state index in [1.54, 1.807) is 18.6 Å². The van der Waals surface area contributed by atoms with Crippen LogP contribution >= 0.6 is 0 Å². The summed E-state index contributed by atoms with van der Waals surface area (Å²) in [4.78, 5) is 24.9. The summed E-state index contributed by atoms with van der Waals surface area (Å²) in [5.74, 6) is 3.08. The lowest BCUT2D eigenvalue weighted by Crippen LogP contribution is -2.33. The number of amides is 1. The molecule has 4 heterocycles. The maximum atomic E-state index is 12.4. The Morgan fingerprint density at radius 1 is 1.22 bits per heavy atom. The van der Waals surface area contributed by atoms with E-state index in [9.17, 15) is 4.79 Å². The van der Waals surface area contributed by atoms with Gasteiger partial charge in [-0.25, -0.2) is 4.98 Å². The highest BCUT2D eigenvalue weighted by atomic mass is 16.3. The molecule has 0 spiro atoms. The molecular weight excluding hydrogens is 292 g/mol. The Bertz CT molecular complexity index is 686. The summed E-state index contributed by atoms with van der Waals surface area (Å²) in [5, 5.41) is 0. The zero-order chi connectivity index (χ0) is 15.8. The fourth-order valence-corrected chi connectivity index (χ4v) is 3.75. The Balaban J connectivity index is 1.36. The quantitative estimate of drug-likeness (QED) is 0.861. The van der Waals surface area contributed by atoms with Gasteiger partial charge in [-0.2, -0.15) is 0 Å². The first-order valence-electron chi connectivity index (χ1n) is 8.02. The van der Waals surface area contributed by atoms with Gasteiger partial charge in [0.05, 0.1) is 12.7 Å². The molecule has 4 rings (SSSR count). The van der Waals surface area contributed by atoms with Crippen molar-refractivity contribution in [2.24, 2.45) is 11.8 Å². The van der Waals surface area contributed by atoms with Crippen molar-refractivity contribution in [3.05, 3.63) is 47.9 Å². The van der Waals surface area contributed by atoms with Gasteiger partial charge in [0.15, 0.2) is 0 Å². The highest BCUT2D eigenvalue weighted by Crippen LogP contribution is 2.32. The van der Waals surface area contributed by atoms with Crippen LogP contribution in [0.3, 0.4) is 0 Å². The standard InChI is InChI=1S/C17H20N4O2/c1-12-2-3-15(23-12)11-20-7-13-9-21(10-14(13)8-20)17(22)16-6-18-4-5-19-16/h2-6,13-14H,7-11H2,1H3/t13-,14+. The van der Waals surface area contributed by atoms with Crippen molar-refractivity contribution >= 4 is 5.91 Å². The molecule has 2 aliphatic heterocycles. The second-order valence-electron chi connectivity index (χ2n) is 6.53. The fourth-order valence-electron chi connectivity index (χ4n) is 3.75. The molecule has 6 heteroatoms. The van der Waals surface area contributed by atoms with E-state index in [0.29, 0.717) is 17.5 Å². The van der Waals surface area contributed by atoms with Crippen LogP contribution in [0, 0.1) is 18.8 Å². The SMILES string of the molecule is Cc1ccc(CN2C[C@@H]3CN(C(=O)c4cnccn4)C[C@@H]3C2)o1. The van der Waals surface area contributed by atoms with E-state index >= 15 is 0 Å². The molecule has 0 aliphatic carbocycles. The third-order valence-electron chi connectivity index (χ3n) is 4.81. The molecule has 0 N–H and O–H groups in total. The molecule has 0 unspecified atom stereocenters. The van der Waals surface area contributed by atoms with Crippen molar-refractivity contribution in [2.75, 3.05) is 26.2 Å². The average Bonchev–Trinajstić information content (AvgIpc) is 3.22. The van der Waals surface area contributed by atoms with E-state index in [1.165, 1.54) is 0 Å².